The molecule has 1 fully saturated rings. The quantitative estimate of drug-likeness (QED) is 0.814. The summed E-state index contributed by atoms with van der Waals surface area (Å²) in [4.78, 5) is 14.8. The molecule has 0 saturated carbocycles. The highest BCUT2D eigenvalue weighted by Crippen LogP contribution is 2.22. The molecule has 23 heavy (non-hydrogen) atoms. The van der Waals surface area contributed by atoms with Crippen molar-refractivity contribution in [2.24, 2.45) is 0 Å². The van der Waals surface area contributed by atoms with Crippen LogP contribution in [0.3, 0.4) is 0 Å². The fraction of sp³-hybridized carbons (Fsp3) is 0.650. The smallest absolute Gasteiger partial charge is 0.251 e. The number of nitrogens with one attached hydrogen (secondary N) is 1. The summed E-state index contributed by atoms with van der Waals surface area (Å²) in [6.07, 6.45) is 9.85. The van der Waals surface area contributed by atoms with Gasteiger partial charge in [0, 0.05) is 18.2 Å². The van der Waals surface area contributed by atoms with E-state index >= 15 is 0 Å². The Bertz CT molecular complexity index is 540. The Morgan fingerprint density at radius 2 is 2.04 bits per heavy atom. The largest absolute Gasteiger partial charge is 0.352 e. The fourth-order valence-corrected chi connectivity index (χ4v) is 3.95. The van der Waals surface area contributed by atoms with Gasteiger partial charge in [0.05, 0.1) is 0 Å². The number of amides is 1. The second-order valence-electron chi connectivity index (χ2n) is 7.18. The van der Waals surface area contributed by atoms with Crippen LogP contribution in [-0.2, 0) is 12.8 Å². The van der Waals surface area contributed by atoms with Crippen LogP contribution in [0, 0.1) is 0 Å². The molecule has 0 aromatic heterocycles. The van der Waals surface area contributed by atoms with Crippen molar-refractivity contribution < 1.29 is 4.79 Å². The zero-order valence-electron chi connectivity index (χ0n) is 14.4. The Balaban J connectivity index is 1.36. The molecule has 1 atom stereocenters. The molecule has 1 aliphatic carbocycles. The van der Waals surface area contributed by atoms with Gasteiger partial charge < -0.3 is 10.2 Å². The summed E-state index contributed by atoms with van der Waals surface area (Å²) in [6.45, 7) is 5.56. The lowest BCUT2D eigenvalue weighted by Crippen LogP contribution is -2.38. The number of aryl methyl sites for hydroxylation is 2. The molecule has 1 unspecified atom stereocenters. The Morgan fingerprint density at radius 1 is 1.17 bits per heavy atom. The highest BCUT2D eigenvalue weighted by molar-refractivity contribution is 5.94. The number of benzene rings is 1. The van der Waals surface area contributed by atoms with Crippen LogP contribution in [0.1, 0.15) is 66.9 Å². The molecule has 1 heterocycles. The average molecular weight is 314 g/mol. The predicted octanol–water partition coefficient (Wildman–Crippen LogP) is 3.56. The highest BCUT2D eigenvalue weighted by Gasteiger charge is 2.17. The van der Waals surface area contributed by atoms with Gasteiger partial charge in [0.2, 0.25) is 0 Å². The van der Waals surface area contributed by atoms with Crippen molar-refractivity contribution in [3.05, 3.63) is 34.9 Å². The van der Waals surface area contributed by atoms with Crippen molar-refractivity contribution in [1.29, 1.82) is 0 Å². The van der Waals surface area contributed by atoms with E-state index in [4.69, 9.17) is 0 Å². The van der Waals surface area contributed by atoms with Crippen LogP contribution in [0.5, 0.6) is 0 Å². The van der Waals surface area contributed by atoms with Crippen LogP contribution in [0.15, 0.2) is 18.2 Å². The van der Waals surface area contributed by atoms with Crippen LogP contribution >= 0.6 is 0 Å². The third kappa shape index (κ3) is 4.35. The molecule has 3 nitrogen and oxygen atoms in total. The molecule has 1 aromatic carbocycles. The second-order valence-corrected chi connectivity index (χ2v) is 7.18. The molecule has 1 saturated heterocycles. The van der Waals surface area contributed by atoms with E-state index in [1.807, 2.05) is 6.07 Å². The van der Waals surface area contributed by atoms with Crippen LogP contribution in [0.4, 0.5) is 0 Å². The first-order valence-corrected chi connectivity index (χ1v) is 9.38. The molecule has 3 heteroatoms. The Kier molecular flexibility index (Phi) is 5.71. The van der Waals surface area contributed by atoms with Crippen molar-refractivity contribution in [3.63, 3.8) is 0 Å². The second kappa shape index (κ2) is 7.96. The maximum absolute atomic E-state index is 12.2. The molecular formula is C20H30N2O. The highest BCUT2D eigenvalue weighted by atomic mass is 16.1. The summed E-state index contributed by atoms with van der Waals surface area (Å²) in [5.41, 5.74) is 3.63. The molecule has 0 spiro atoms. The van der Waals surface area contributed by atoms with E-state index in [1.165, 1.54) is 62.7 Å². The van der Waals surface area contributed by atoms with Crippen molar-refractivity contribution in [3.8, 4) is 0 Å². The van der Waals surface area contributed by atoms with Crippen molar-refractivity contribution >= 4 is 5.91 Å². The standard InChI is InChI=1S/C20H30N2O/c1-16-7-2-4-13-22(16)14-5-3-12-21-20(23)19-11-10-17-8-6-9-18(17)15-19/h10-11,15-16H,2-9,12-14H2,1H3,(H,21,23). The minimum absolute atomic E-state index is 0.0889. The number of fused-ring (bicyclic) bond motifs is 1. The molecule has 1 N–H and O–H groups in total. The van der Waals surface area contributed by atoms with Gasteiger partial charge in [-0.2, -0.15) is 0 Å². The zero-order chi connectivity index (χ0) is 16.1. The van der Waals surface area contributed by atoms with E-state index in [9.17, 15) is 4.79 Å². The third-order valence-corrected chi connectivity index (χ3v) is 5.46. The molecule has 1 amide bonds. The summed E-state index contributed by atoms with van der Waals surface area (Å²) >= 11 is 0. The summed E-state index contributed by atoms with van der Waals surface area (Å²) in [7, 11) is 0. The summed E-state index contributed by atoms with van der Waals surface area (Å²) < 4.78 is 0. The number of nitrogens with zero attached hydrogens (tertiary/aromatic N) is 1. The van der Waals surface area contributed by atoms with Gasteiger partial charge in [-0.15, -0.1) is 0 Å². The molecular weight excluding hydrogens is 284 g/mol. The van der Waals surface area contributed by atoms with E-state index in [1.54, 1.807) is 0 Å². The van der Waals surface area contributed by atoms with E-state index < -0.39 is 0 Å². The maximum atomic E-state index is 12.2. The minimum atomic E-state index is 0.0889. The number of unbranched alkanes of at least 4 members (excludes halogenated alkanes) is 1. The molecule has 0 bridgehead atoms. The first kappa shape index (κ1) is 16.5. The molecule has 1 aromatic rings. The van der Waals surface area contributed by atoms with E-state index in [0.29, 0.717) is 0 Å². The predicted molar refractivity (Wildman–Crippen MR) is 94.9 cm³/mol. The normalized spacial score (nSPS) is 21.2. The molecule has 3 rings (SSSR count). The lowest BCUT2D eigenvalue weighted by molar-refractivity contribution is 0.0951. The van der Waals surface area contributed by atoms with Crippen LogP contribution in [-0.4, -0.2) is 36.5 Å². The van der Waals surface area contributed by atoms with Crippen LogP contribution in [0.25, 0.3) is 0 Å². The molecule has 2 aliphatic rings. The topological polar surface area (TPSA) is 32.3 Å². The van der Waals surface area contributed by atoms with Gasteiger partial charge in [-0.3, -0.25) is 4.79 Å². The van der Waals surface area contributed by atoms with Crippen LogP contribution in [0.2, 0.25) is 0 Å². The fourth-order valence-electron chi connectivity index (χ4n) is 3.95. The van der Waals surface area contributed by atoms with Gasteiger partial charge in [-0.1, -0.05) is 12.5 Å². The number of carbonyl (C=O) groups excluding carboxylic acids is 1. The number of hydrogen-bond donors (Lipinski definition) is 1. The molecule has 126 valence electrons. The number of rotatable bonds is 6. The number of carbonyl (C=O) groups is 1. The summed E-state index contributed by atoms with van der Waals surface area (Å²) in [5.74, 6) is 0.0889. The lowest BCUT2D eigenvalue weighted by Gasteiger charge is -2.33. The van der Waals surface area contributed by atoms with Gasteiger partial charge in [0.15, 0.2) is 0 Å². The molecule has 1 aliphatic heterocycles. The van der Waals surface area contributed by atoms with Crippen molar-refractivity contribution in [1.82, 2.24) is 10.2 Å². The lowest BCUT2D eigenvalue weighted by atomic mass is 10.0. The number of likely N-dealkylation sites (tertiary alicyclic amines) is 1. The Labute approximate surface area is 140 Å². The van der Waals surface area contributed by atoms with Gasteiger partial charge >= 0.3 is 0 Å². The van der Waals surface area contributed by atoms with E-state index in [-0.39, 0.29) is 5.91 Å². The van der Waals surface area contributed by atoms with Gasteiger partial charge in [-0.25, -0.2) is 0 Å². The first-order valence-electron chi connectivity index (χ1n) is 9.38. The summed E-state index contributed by atoms with van der Waals surface area (Å²) in [5, 5.41) is 3.08. The van der Waals surface area contributed by atoms with Crippen molar-refractivity contribution in [2.45, 2.75) is 64.3 Å². The van der Waals surface area contributed by atoms with Gasteiger partial charge in [0.25, 0.3) is 5.91 Å². The van der Waals surface area contributed by atoms with Gasteiger partial charge in [-0.05, 0) is 88.2 Å². The maximum Gasteiger partial charge on any atom is 0.251 e. The van der Waals surface area contributed by atoms with Gasteiger partial charge in [0.1, 0.15) is 0 Å². The van der Waals surface area contributed by atoms with E-state index in [2.05, 4.69) is 29.3 Å². The molecule has 0 radical (unpaired) electrons. The summed E-state index contributed by atoms with van der Waals surface area (Å²) in [6, 6.07) is 6.95. The SMILES string of the molecule is CC1CCCCN1CCCCNC(=O)c1ccc2c(c1)CCC2. The van der Waals surface area contributed by atoms with Crippen molar-refractivity contribution in [2.75, 3.05) is 19.6 Å². The van der Waals surface area contributed by atoms with Crippen LogP contribution < -0.4 is 5.32 Å². The Hall–Kier alpha value is -1.35. The monoisotopic (exact) mass is 314 g/mol. The first-order chi connectivity index (χ1) is 11.2. The zero-order valence-corrected chi connectivity index (χ0v) is 14.4. The average Bonchev–Trinajstić information content (AvgIpc) is 3.03. The minimum Gasteiger partial charge on any atom is -0.352 e. The number of piperidine rings is 1. The Morgan fingerprint density at radius 3 is 2.91 bits per heavy atom. The third-order valence-electron chi connectivity index (χ3n) is 5.46. The van der Waals surface area contributed by atoms with E-state index in [0.717, 1.165) is 31.0 Å². The number of hydrogen-bond acceptors (Lipinski definition) is 2.